The first-order valence-corrected chi connectivity index (χ1v) is 9.18. The SMILES string of the molecule is CC(=O)N1C[C@@H]2C[C@H](C1)c1cc(-c3cc(C(F)(F)F)cc(C)n3)cc(=O)n1C2. The van der Waals surface area contributed by atoms with Crippen molar-refractivity contribution in [2.45, 2.75) is 38.9 Å². The molecule has 0 N–H and O–H groups in total. The molecule has 2 aromatic rings. The van der Waals surface area contributed by atoms with Crippen molar-refractivity contribution >= 4 is 5.91 Å². The first-order valence-electron chi connectivity index (χ1n) is 9.18. The Morgan fingerprint density at radius 2 is 1.89 bits per heavy atom. The summed E-state index contributed by atoms with van der Waals surface area (Å²) >= 11 is 0. The molecule has 4 heterocycles. The van der Waals surface area contributed by atoms with E-state index in [0.717, 1.165) is 24.2 Å². The fourth-order valence-electron chi connectivity index (χ4n) is 4.34. The third-order valence-corrected chi connectivity index (χ3v) is 5.58. The molecule has 8 heteroatoms. The van der Waals surface area contributed by atoms with Gasteiger partial charge in [-0.3, -0.25) is 14.6 Å². The summed E-state index contributed by atoms with van der Waals surface area (Å²) in [6.45, 7) is 4.70. The highest BCUT2D eigenvalue weighted by Gasteiger charge is 2.36. The summed E-state index contributed by atoms with van der Waals surface area (Å²) in [7, 11) is 0. The van der Waals surface area contributed by atoms with Crippen LogP contribution in [0.5, 0.6) is 0 Å². The van der Waals surface area contributed by atoms with E-state index in [1.54, 1.807) is 15.5 Å². The number of pyridine rings is 2. The van der Waals surface area contributed by atoms with Gasteiger partial charge in [0.25, 0.3) is 5.56 Å². The van der Waals surface area contributed by atoms with E-state index in [1.807, 2.05) is 0 Å². The van der Waals surface area contributed by atoms with E-state index in [9.17, 15) is 22.8 Å². The average Bonchev–Trinajstić information content (AvgIpc) is 2.61. The number of aryl methyl sites for hydroxylation is 1. The van der Waals surface area contributed by atoms with Gasteiger partial charge >= 0.3 is 6.18 Å². The van der Waals surface area contributed by atoms with E-state index in [0.29, 0.717) is 25.2 Å². The zero-order valence-electron chi connectivity index (χ0n) is 15.6. The maximum absolute atomic E-state index is 13.2. The van der Waals surface area contributed by atoms with Crippen molar-refractivity contribution in [3.63, 3.8) is 0 Å². The molecule has 148 valence electrons. The summed E-state index contributed by atoms with van der Waals surface area (Å²) < 4.78 is 41.2. The lowest BCUT2D eigenvalue weighted by molar-refractivity contribution is -0.137. The van der Waals surface area contributed by atoms with Crippen LogP contribution in [0.1, 0.15) is 36.2 Å². The second-order valence-electron chi connectivity index (χ2n) is 7.72. The van der Waals surface area contributed by atoms with Gasteiger partial charge < -0.3 is 9.47 Å². The minimum Gasteiger partial charge on any atom is -0.342 e. The van der Waals surface area contributed by atoms with E-state index < -0.39 is 11.7 Å². The van der Waals surface area contributed by atoms with Gasteiger partial charge in [-0.2, -0.15) is 13.2 Å². The molecule has 2 atom stereocenters. The van der Waals surface area contributed by atoms with Crippen molar-refractivity contribution in [1.29, 1.82) is 0 Å². The quantitative estimate of drug-likeness (QED) is 0.750. The number of piperidine rings is 1. The van der Waals surface area contributed by atoms with Gasteiger partial charge in [0.05, 0.1) is 11.3 Å². The highest BCUT2D eigenvalue weighted by Crippen LogP contribution is 2.37. The van der Waals surface area contributed by atoms with Crippen molar-refractivity contribution in [2.75, 3.05) is 13.1 Å². The lowest BCUT2D eigenvalue weighted by Crippen LogP contribution is -2.48. The van der Waals surface area contributed by atoms with Gasteiger partial charge in [-0.15, -0.1) is 0 Å². The second kappa shape index (κ2) is 6.46. The number of fused-ring (bicyclic) bond motifs is 4. The lowest BCUT2D eigenvalue weighted by Gasteiger charge is -2.42. The smallest absolute Gasteiger partial charge is 0.342 e. The molecule has 2 aliphatic rings. The molecule has 0 aromatic carbocycles. The summed E-state index contributed by atoms with van der Waals surface area (Å²) in [5.41, 5.74) is 0.492. The summed E-state index contributed by atoms with van der Waals surface area (Å²) in [5, 5.41) is 0. The number of aromatic nitrogens is 2. The number of likely N-dealkylation sites (tertiary alicyclic amines) is 1. The fourth-order valence-corrected chi connectivity index (χ4v) is 4.34. The minimum absolute atomic E-state index is 0.00294. The van der Waals surface area contributed by atoms with Crippen LogP contribution in [0.3, 0.4) is 0 Å². The molecule has 2 bridgehead atoms. The van der Waals surface area contributed by atoms with Crippen LogP contribution in [0.25, 0.3) is 11.3 Å². The Morgan fingerprint density at radius 1 is 1.14 bits per heavy atom. The highest BCUT2D eigenvalue weighted by atomic mass is 19.4. The maximum atomic E-state index is 13.2. The first kappa shape index (κ1) is 18.7. The Hall–Kier alpha value is -2.64. The average molecular weight is 391 g/mol. The van der Waals surface area contributed by atoms with Crippen LogP contribution in [0.15, 0.2) is 29.1 Å². The number of halogens is 3. The van der Waals surface area contributed by atoms with Gasteiger partial charge in [0.15, 0.2) is 0 Å². The molecule has 5 nitrogen and oxygen atoms in total. The van der Waals surface area contributed by atoms with E-state index in [-0.39, 0.29) is 34.7 Å². The Kier molecular flexibility index (Phi) is 4.32. The van der Waals surface area contributed by atoms with Crippen molar-refractivity contribution in [3.8, 4) is 11.3 Å². The molecular formula is C20H20F3N3O2. The number of carbonyl (C=O) groups excluding carboxylic acids is 1. The van der Waals surface area contributed by atoms with Crippen molar-refractivity contribution in [2.24, 2.45) is 5.92 Å². The van der Waals surface area contributed by atoms with Gasteiger partial charge in [0.2, 0.25) is 5.91 Å². The van der Waals surface area contributed by atoms with Crippen molar-refractivity contribution in [3.05, 3.63) is 51.6 Å². The lowest BCUT2D eigenvalue weighted by atomic mass is 9.82. The minimum atomic E-state index is -4.48. The first-order chi connectivity index (χ1) is 13.1. The van der Waals surface area contributed by atoms with Gasteiger partial charge in [0.1, 0.15) is 0 Å². The normalized spacial score (nSPS) is 21.4. The standard InChI is InChI=1S/C20H20F3N3O2/c1-11-3-16(20(21,22)23)7-17(24-11)14-5-18-15-4-13(8-25(10-15)12(2)27)9-26(18)19(28)6-14/h3,5-7,13,15H,4,8-10H2,1-2H3/t13-,15+/m0/s1. The molecule has 1 fully saturated rings. The number of amides is 1. The molecule has 0 unspecified atom stereocenters. The van der Waals surface area contributed by atoms with Crippen molar-refractivity contribution in [1.82, 2.24) is 14.5 Å². The van der Waals surface area contributed by atoms with Crippen LogP contribution in [0, 0.1) is 12.8 Å². The van der Waals surface area contributed by atoms with E-state index >= 15 is 0 Å². The van der Waals surface area contributed by atoms with Gasteiger partial charge in [-0.1, -0.05) is 0 Å². The van der Waals surface area contributed by atoms with Gasteiger partial charge in [0, 0.05) is 55.5 Å². The van der Waals surface area contributed by atoms with Gasteiger partial charge in [-0.05, 0) is 37.5 Å². The summed E-state index contributed by atoms with van der Waals surface area (Å²) in [5.74, 6) is 0.209. The molecule has 0 aliphatic carbocycles. The van der Waals surface area contributed by atoms with Crippen LogP contribution in [0.4, 0.5) is 13.2 Å². The largest absolute Gasteiger partial charge is 0.416 e. The Bertz CT molecular complexity index is 1010. The summed E-state index contributed by atoms with van der Waals surface area (Å²) in [6, 6.07) is 5.08. The van der Waals surface area contributed by atoms with E-state index in [1.165, 1.54) is 19.9 Å². The Balaban J connectivity index is 1.80. The maximum Gasteiger partial charge on any atom is 0.416 e. The molecule has 4 rings (SSSR count). The zero-order valence-corrected chi connectivity index (χ0v) is 15.6. The Labute approximate surface area is 159 Å². The second-order valence-corrected chi connectivity index (χ2v) is 7.72. The molecule has 0 saturated carbocycles. The van der Waals surface area contributed by atoms with Crippen LogP contribution in [-0.4, -0.2) is 33.4 Å². The van der Waals surface area contributed by atoms with E-state index in [4.69, 9.17) is 0 Å². The monoisotopic (exact) mass is 391 g/mol. The molecule has 1 saturated heterocycles. The number of carbonyl (C=O) groups is 1. The predicted octanol–water partition coefficient (Wildman–Crippen LogP) is 3.20. The van der Waals surface area contributed by atoms with E-state index in [2.05, 4.69) is 4.98 Å². The summed E-state index contributed by atoms with van der Waals surface area (Å²) in [6.07, 6.45) is -3.62. The number of hydrogen-bond acceptors (Lipinski definition) is 3. The van der Waals surface area contributed by atoms with Crippen LogP contribution in [0.2, 0.25) is 0 Å². The third-order valence-electron chi connectivity index (χ3n) is 5.58. The fraction of sp³-hybridized carbons (Fsp3) is 0.450. The molecule has 28 heavy (non-hydrogen) atoms. The zero-order chi connectivity index (χ0) is 20.2. The molecular weight excluding hydrogens is 371 g/mol. The number of hydrogen-bond donors (Lipinski definition) is 0. The van der Waals surface area contributed by atoms with Crippen LogP contribution < -0.4 is 5.56 Å². The highest BCUT2D eigenvalue weighted by molar-refractivity contribution is 5.73. The Morgan fingerprint density at radius 3 is 2.57 bits per heavy atom. The number of rotatable bonds is 1. The van der Waals surface area contributed by atoms with Crippen LogP contribution in [-0.2, 0) is 17.5 Å². The predicted molar refractivity (Wildman–Crippen MR) is 96.8 cm³/mol. The third kappa shape index (κ3) is 3.31. The number of nitrogens with zero attached hydrogens (tertiary/aromatic N) is 3. The van der Waals surface area contributed by atoms with Crippen molar-refractivity contribution < 1.29 is 18.0 Å². The molecule has 1 amide bonds. The van der Waals surface area contributed by atoms with Gasteiger partial charge in [-0.25, -0.2) is 0 Å². The topological polar surface area (TPSA) is 55.2 Å². The van der Waals surface area contributed by atoms with Crippen LogP contribution >= 0.6 is 0 Å². The molecule has 0 radical (unpaired) electrons. The molecule has 2 aromatic heterocycles. The number of alkyl halides is 3. The molecule has 2 aliphatic heterocycles. The summed E-state index contributed by atoms with van der Waals surface area (Å²) in [4.78, 5) is 30.5. The molecule has 0 spiro atoms.